The lowest BCUT2D eigenvalue weighted by molar-refractivity contribution is 0.00578. The average Bonchev–Trinajstić information content (AvgIpc) is 3.05. The number of rotatable bonds is 4. The van der Waals surface area contributed by atoms with Crippen molar-refractivity contribution in [3.8, 4) is 0 Å². The number of aromatic nitrogens is 2. The second kappa shape index (κ2) is 8.41. The van der Waals surface area contributed by atoms with Crippen LogP contribution in [0.4, 0.5) is 17.2 Å². The summed E-state index contributed by atoms with van der Waals surface area (Å²) < 4.78 is 19.5. The first-order valence-electron chi connectivity index (χ1n) is 11.7. The van der Waals surface area contributed by atoms with Gasteiger partial charge in [0.1, 0.15) is 0 Å². The first kappa shape index (κ1) is 22.9. The molecule has 2 aliphatic rings. The number of ether oxygens (including phenoxy) is 1. The van der Waals surface area contributed by atoms with Crippen LogP contribution < -0.4 is 21.2 Å². The van der Waals surface area contributed by atoms with E-state index in [1.807, 2.05) is 64.1 Å². The Labute approximate surface area is 200 Å². The van der Waals surface area contributed by atoms with E-state index in [1.165, 1.54) is 0 Å². The van der Waals surface area contributed by atoms with Crippen molar-refractivity contribution in [2.24, 2.45) is 7.05 Å². The fourth-order valence-electron chi connectivity index (χ4n) is 4.33. The maximum Gasteiger partial charge on any atom is 0.494 e. The van der Waals surface area contributed by atoms with Crippen LogP contribution in [0.3, 0.4) is 0 Å². The molecule has 0 unspecified atom stereocenters. The molecule has 178 valence electrons. The van der Waals surface area contributed by atoms with E-state index in [4.69, 9.17) is 14.0 Å². The largest absolute Gasteiger partial charge is 0.494 e. The lowest BCUT2D eigenvalue weighted by atomic mass is 9.79. The molecule has 0 aliphatic carbocycles. The maximum atomic E-state index is 13.3. The number of hydrogen-bond donors (Lipinski definition) is 1. The van der Waals surface area contributed by atoms with Gasteiger partial charge in [0.25, 0.3) is 5.56 Å². The molecule has 0 bridgehead atoms. The van der Waals surface area contributed by atoms with Crippen molar-refractivity contribution in [2.75, 3.05) is 36.5 Å². The zero-order valence-corrected chi connectivity index (χ0v) is 20.4. The van der Waals surface area contributed by atoms with Gasteiger partial charge in [-0.3, -0.25) is 4.79 Å². The molecule has 0 saturated carbocycles. The van der Waals surface area contributed by atoms with Gasteiger partial charge in [-0.05, 0) is 57.4 Å². The normalized spacial score (nSPS) is 19.6. The molecule has 3 heterocycles. The van der Waals surface area contributed by atoms with E-state index in [9.17, 15) is 4.79 Å². The number of nitrogens with one attached hydrogen (secondary N) is 1. The van der Waals surface area contributed by atoms with E-state index in [-0.39, 0.29) is 5.56 Å². The summed E-state index contributed by atoms with van der Waals surface area (Å²) in [4.78, 5) is 20.2. The third kappa shape index (κ3) is 3.98. The van der Waals surface area contributed by atoms with Crippen molar-refractivity contribution in [2.45, 2.75) is 38.9 Å². The summed E-state index contributed by atoms with van der Waals surface area (Å²) in [6, 6.07) is 13.8. The molecule has 2 aromatic carbocycles. The SMILES string of the molecule is Cn1c(=O)c(Nc2ccccc2N2CCOCC2)nc2ccc(B3OC(C)(C)C(C)(C)O3)cc21. The minimum Gasteiger partial charge on any atom is -0.399 e. The Bertz CT molecular complexity index is 1270. The zero-order chi connectivity index (χ0) is 24.1. The standard InChI is InChI=1S/C25H31BN4O4/c1-24(2)25(3,4)34-26(33-24)17-10-11-19-21(16-17)29(5)23(31)22(28-19)27-18-8-6-7-9-20(18)30-12-14-32-15-13-30/h6-11,16H,12-15H2,1-5H3,(H,27,28). The van der Waals surface area contributed by atoms with Crippen LogP contribution in [0.25, 0.3) is 11.0 Å². The van der Waals surface area contributed by atoms with Gasteiger partial charge in [0.15, 0.2) is 5.82 Å². The van der Waals surface area contributed by atoms with Crippen LogP contribution >= 0.6 is 0 Å². The van der Waals surface area contributed by atoms with Gasteiger partial charge in [-0.15, -0.1) is 0 Å². The summed E-state index contributed by atoms with van der Waals surface area (Å²) in [5, 5.41) is 3.29. The number of anilines is 3. The van der Waals surface area contributed by atoms with Gasteiger partial charge in [-0.25, -0.2) is 4.98 Å². The number of hydrogen-bond acceptors (Lipinski definition) is 7. The van der Waals surface area contributed by atoms with Crippen molar-refractivity contribution >= 4 is 40.8 Å². The minimum absolute atomic E-state index is 0.199. The fourth-order valence-corrected chi connectivity index (χ4v) is 4.33. The Morgan fingerprint density at radius 3 is 2.38 bits per heavy atom. The molecule has 1 N–H and O–H groups in total. The highest BCUT2D eigenvalue weighted by Gasteiger charge is 2.51. The number of para-hydroxylation sites is 2. The van der Waals surface area contributed by atoms with E-state index < -0.39 is 18.3 Å². The number of aryl methyl sites for hydroxylation is 1. The van der Waals surface area contributed by atoms with Gasteiger partial charge in [0.2, 0.25) is 0 Å². The molecule has 8 nitrogen and oxygen atoms in total. The maximum absolute atomic E-state index is 13.3. The summed E-state index contributed by atoms with van der Waals surface area (Å²) in [7, 11) is 1.27. The summed E-state index contributed by atoms with van der Waals surface area (Å²) in [5.74, 6) is 0.291. The summed E-state index contributed by atoms with van der Waals surface area (Å²) in [6.45, 7) is 11.1. The van der Waals surface area contributed by atoms with Gasteiger partial charge in [0, 0.05) is 20.1 Å². The molecule has 1 aromatic heterocycles. The second-order valence-electron chi connectivity index (χ2n) is 9.90. The molecule has 34 heavy (non-hydrogen) atoms. The predicted molar refractivity (Wildman–Crippen MR) is 135 cm³/mol. The second-order valence-corrected chi connectivity index (χ2v) is 9.90. The molecule has 2 fully saturated rings. The first-order chi connectivity index (χ1) is 16.2. The lowest BCUT2D eigenvalue weighted by Gasteiger charge is -2.32. The van der Waals surface area contributed by atoms with Crippen LogP contribution in [0.5, 0.6) is 0 Å². The third-order valence-electron chi connectivity index (χ3n) is 7.13. The third-order valence-corrected chi connectivity index (χ3v) is 7.13. The molecule has 2 saturated heterocycles. The van der Waals surface area contributed by atoms with Crippen LogP contribution in [-0.4, -0.2) is 54.2 Å². The van der Waals surface area contributed by atoms with Crippen molar-refractivity contribution < 1.29 is 14.0 Å². The van der Waals surface area contributed by atoms with Gasteiger partial charge < -0.3 is 28.8 Å². The van der Waals surface area contributed by atoms with E-state index >= 15 is 0 Å². The highest BCUT2D eigenvalue weighted by Crippen LogP contribution is 2.36. The van der Waals surface area contributed by atoms with E-state index in [1.54, 1.807) is 11.6 Å². The Hall–Kier alpha value is -2.88. The average molecular weight is 462 g/mol. The van der Waals surface area contributed by atoms with Crippen LogP contribution in [0.15, 0.2) is 47.3 Å². The van der Waals surface area contributed by atoms with Gasteiger partial charge in [-0.1, -0.05) is 18.2 Å². The molecule has 3 aromatic rings. The fraction of sp³-hybridized carbons (Fsp3) is 0.440. The Kier molecular flexibility index (Phi) is 5.66. The van der Waals surface area contributed by atoms with Crippen LogP contribution in [0.2, 0.25) is 0 Å². The van der Waals surface area contributed by atoms with Gasteiger partial charge in [-0.2, -0.15) is 0 Å². The smallest absolute Gasteiger partial charge is 0.399 e. The van der Waals surface area contributed by atoms with Crippen molar-refractivity contribution in [3.63, 3.8) is 0 Å². The Morgan fingerprint density at radius 1 is 1.00 bits per heavy atom. The van der Waals surface area contributed by atoms with Crippen LogP contribution in [0.1, 0.15) is 27.7 Å². The Balaban J connectivity index is 1.48. The Morgan fingerprint density at radius 2 is 1.68 bits per heavy atom. The monoisotopic (exact) mass is 462 g/mol. The van der Waals surface area contributed by atoms with E-state index in [0.29, 0.717) is 24.5 Å². The number of morpholine rings is 1. The molecule has 0 amide bonds. The van der Waals surface area contributed by atoms with Crippen LogP contribution in [0, 0.1) is 0 Å². The topological polar surface area (TPSA) is 77.9 Å². The molecule has 0 atom stereocenters. The van der Waals surface area contributed by atoms with Crippen molar-refractivity contribution in [1.29, 1.82) is 0 Å². The summed E-state index contributed by atoms with van der Waals surface area (Å²) in [6.07, 6.45) is 0. The quantitative estimate of drug-likeness (QED) is 0.598. The highest BCUT2D eigenvalue weighted by atomic mass is 16.7. The molecule has 5 rings (SSSR count). The summed E-state index contributed by atoms with van der Waals surface area (Å²) in [5.41, 5.74) is 3.12. The van der Waals surface area contributed by atoms with E-state index in [2.05, 4.69) is 21.3 Å². The summed E-state index contributed by atoms with van der Waals surface area (Å²) >= 11 is 0. The lowest BCUT2D eigenvalue weighted by Crippen LogP contribution is -2.41. The number of nitrogens with zero attached hydrogens (tertiary/aromatic N) is 3. The number of fused-ring (bicyclic) bond motifs is 1. The molecular weight excluding hydrogens is 431 g/mol. The first-order valence-corrected chi connectivity index (χ1v) is 11.7. The minimum atomic E-state index is -0.497. The zero-order valence-electron chi connectivity index (χ0n) is 20.4. The van der Waals surface area contributed by atoms with Crippen molar-refractivity contribution in [1.82, 2.24) is 9.55 Å². The molecule has 2 aliphatic heterocycles. The molecule has 0 radical (unpaired) electrons. The molecule has 9 heteroatoms. The number of benzene rings is 2. The van der Waals surface area contributed by atoms with Crippen LogP contribution in [-0.2, 0) is 21.1 Å². The molecular formula is C25H31BN4O4. The molecule has 0 spiro atoms. The predicted octanol–water partition coefficient (Wildman–Crippen LogP) is 2.81. The van der Waals surface area contributed by atoms with E-state index in [0.717, 1.165) is 35.4 Å². The van der Waals surface area contributed by atoms with Gasteiger partial charge in [0.05, 0.1) is 46.8 Å². The van der Waals surface area contributed by atoms with Gasteiger partial charge >= 0.3 is 7.12 Å². The highest BCUT2D eigenvalue weighted by molar-refractivity contribution is 6.62. The van der Waals surface area contributed by atoms with Crippen molar-refractivity contribution in [3.05, 3.63) is 52.8 Å².